The van der Waals surface area contributed by atoms with Gasteiger partial charge in [0.2, 0.25) is 5.91 Å². The van der Waals surface area contributed by atoms with Gasteiger partial charge in [-0.1, -0.05) is 38.1 Å². The van der Waals surface area contributed by atoms with Crippen LogP contribution >= 0.6 is 0 Å². The molecule has 35 heavy (non-hydrogen) atoms. The number of para-hydroxylation sites is 1. The second kappa shape index (κ2) is 12.3. The van der Waals surface area contributed by atoms with Gasteiger partial charge in [-0.25, -0.2) is 4.68 Å². The predicted molar refractivity (Wildman–Crippen MR) is 136 cm³/mol. The van der Waals surface area contributed by atoms with E-state index >= 15 is 0 Å². The Labute approximate surface area is 206 Å². The smallest absolute Gasteiger partial charge is 0.243 e. The maximum atomic E-state index is 12.2. The highest BCUT2D eigenvalue weighted by molar-refractivity contribution is 5.91. The first-order valence-electron chi connectivity index (χ1n) is 11.5. The maximum absolute atomic E-state index is 12.2. The number of amides is 1. The van der Waals surface area contributed by atoms with Crippen molar-refractivity contribution in [2.45, 2.75) is 26.7 Å². The van der Waals surface area contributed by atoms with E-state index in [1.54, 1.807) is 17.9 Å². The Morgan fingerprint density at radius 1 is 1.23 bits per heavy atom. The van der Waals surface area contributed by atoms with Gasteiger partial charge in [0.1, 0.15) is 17.5 Å². The molecule has 2 aromatic carbocycles. The average molecular weight is 474 g/mol. The second-order valence-electron chi connectivity index (χ2n) is 8.41. The second-order valence-corrected chi connectivity index (χ2v) is 8.41. The number of hydrogen-bond acceptors (Lipinski definition) is 6. The van der Waals surface area contributed by atoms with Gasteiger partial charge in [-0.2, -0.15) is 10.4 Å². The number of nitrogen functional groups attached to an aromatic ring is 1. The standard InChI is InChI=1S/C27H31N5O3/c1-19(2)18-35-24-13-11-20(16-25(24)34-3)12-14-26(33)30-15-7-10-23-22(17-28)27(29)32(31-23)21-8-5-4-6-9-21/h4-6,8-9,11-14,16,19H,7,10,15,18,29H2,1-3H3,(H,30,33)/b14-12+. The minimum absolute atomic E-state index is 0.209. The quantitative estimate of drug-likeness (QED) is 0.320. The van der Waals surface area contributed by atoms with Crippen LogP contribution in [0, 0.1) is 17.2 Å². The number of methoxy groups -OCH3 is 1. The fourth-order valence-electron chi connectivity index (χ4n) is 3.40. The minimum Gasteiger partial charge on any atom is -0.493 e. The zero-order valence-electron chi connectivity index (χ0n) is 20.3. The van der Waals surface area contributed by atoms with Crippen molar-refractivity contribution in [3.8, 4) is 23.3 Å². The van der Waals surface area contributed by atoms with Crippen LogP contribution in [0.5, 0.6) is 11.5 Å². The summed E-state index contributed by atoms with van der Waals surface area (Å²) in [5.41, 5.74) is 8.74. The van der Waals surface area contributed by atoms with Crippen molar-refractivity contribution < 1.29 is 14.3 Å². The highest BCUT2D eigenvalue weighted by atomic mass is 16.5. The molecule has 0 saturated carbocycles. The van der Waals surface area contributed by atoms with Crippen molar-refractivity contribution in [1.29, 1.82) is 5.26 Å². The van der Waals surface area contributed by atoms with Crippen LogP contribution < -0.4 is 20.5 Å². The zero-order valence-corrected chi connectivity index (χ0v) is 20.3. The Hall–Kier alpha value is -4.25. The first kappa shape index (κ1) is 25.4. The van der Waals surface area contributed by atoms with Gasteiger partial charge in [-0.05, 0) is 54.7 Å². The molecule has 0 spiro atoms. The lowest BCUT2D eigenvalue weighted by molar-refractivity contribution is -0.116. The fraction of sp³-hybridized carbons (Fsp3) is 0.296. The summed E-state index contributed by atoms with van der Waals surface area (Å²) in [6.07, 6.45) is 4.34. The van der Waals surface area contributed by atoms with Gasteiger partial charge in [-0.15, -0.1) is 0 Å². The lowest BCUT2D eigenvalue weighted by Gasteiger charge is -2.12. The third-order valence-electron chi connectivity index (χ3n) is 5.18. The molecule has 0 bridgehead atoms. The van der Waals surface area contributed by atoms with Crippen LogP contribution in [-0.4, -0.2) is 35.9 Å². The molecule has 3 rings (SSSR count). The molecule has 8 nitrogen and oxygen atoms in total. The molecule has 0 aliphatic carbocycles. The van der Waals surface area contributed by atoms with E-state index in [0.717, 1.165) is 11.3 Å². The van der Waals surface area contributed by atoms with E-state index in [9.17, 15) is 10.1 Å². The molecule has 0 atom stereocenters. The number of ether oxygens (including phenoxy) is 2. The van der Waals surface area contributed by atoms with Crippen LogP contribution in [0.2, 0.25) is 0 Å². The number of carbonyl (C=O) groups excluding carboxylic acids is 1. The molecule has 182 valence electrons. The van der Waals surface area contributed by atoms with Crippen LogP contribution in [0.1, 0.15) is 37.1 Å². The topological polar surface area (TPSA) is 115 Å². The van der Waals surface area contributed by atoms with Gasteiger partial charge < -0.3 is 20.5 Å². The Kier molecular flexibility index (Phi) is 8.90. The zero-order chi connectivity index (χ0) is 25.2. The molecular formula is C27H31N5O3. The largest absolute Gasteiger partial charge is 0.493 e. The van der Waals surface area contributed by atoms with Gasteiger partial charge in [0.05, 0.1) is 25.1 Å². The maximum Gasteiger partial charge on any atom is 0.243 e. The summed E-state index contributed by atoms with van der Waals surface area (Å²) >= 11 is 0. The molecule has 3 N–H and O–H groups in total. The Morgan fingerprint density at radius 3 is 2.69 bits per heavy atom. The summed E-state index contributed by atoms with van der Waals surface area (Å²) in [6.45, 7) is 5.20. The lowest BCUT2D eigenvalue weighted by atomic mass is 10.1. The molecular weight excluding hydrogens is 442 g/mol. The van der Waals surface area contributed by atoms with Crippen molar-refractivity contribution in [1.82, 2.24) is 15.1 Å². The number of nitrogens with one attached hydrogen (secondary N) is 1. The van der Waals surface area contributed by atoms with Crippen molar-refractivity contribution >= 4 is 17.8 Å². The number of nitrogens with two attached hydrogens (primary N) is 1. The number of rotatable bonds is 11. The molecule has 0 aliphatic rings. The lowest BCUT2D eigenvalue weighted by Crippen LogP contribution is -2.22. The number of benzene rings is 2. The first-order valence-corrected chi connectivity index (χ1v) is 11.5. The molecule has 1 aromatic heterocycles. The summed E-state index contributed by atoms with van der Waals surface area (Å²) in [5.74, 6) is 1.81. The fourth-order valence-corrected chi connectivity index (χ4v) is 3.40. The number of carbonyl (C=O) groups is 1. The number of nitrogens with zero attached hydrogens (tertiary/aromatic N) is 3. The molecule has 1 heterocycles. The van der Waals surface area contributed by atoms with E-state index in [1.165, 1.54) is 6.08 Å². The number of nitriles is 1. The third kappa shape index (κ3) is 6.87. The molecule has 8 heteroatoms. The van der Waals surface area contributed by atoms with Crippen LogP contribution in [0.15, 0.2) is 54.6 Å². The van der Waals surface area contributed by atoms with E-state index in [4.69, 9.17) is 15.2 Å². The molecule has 0 unspecified atom stereocenters. The van der Waals surface area contributed by atoms with Crippen LogP contribution in [0.4, 0.5) is 5.82 Å². The van der Waals surface area contributed by atoms with Crippen molar-refractivity contribution in [2.75, 3.05) is 26.0 Å². The monoisotopic (exact) mass is 473 g/mol. The Balaban J connectivity index is 1.53. The van der Waals surface area contributed by atoms with Crippen molar-refractivity contribution in [3.63, 3.8) is 0 Å². The molecule has 0 radical (unpaired) electrons. The highest BCUT2D eigenvalue weighted by Gasteiger charge is 2.16. The number of hydrogen-bond donors (Lipinski definition) is 2. The number of aryl methyl sites for hydroxylation is 1. The predicted octanol–water partition coefficient (Wildman–Crippen LogP) is 4.13. The molecule has 0 fully saturated rings. The van der Waals surface area contributed by atoms with E-state index in [-0.39, 0.29) is 5.91 Å². The van der Waals surface area contributed by atoms with Gasteiger partial charge in [0, 0.05) is 12.6 Å². The average Bonchev–Trinajstić information content (AvgIpc) is 3.19. The first-order chi connectivity index (χ1) is 16.9. The number of aromatic nitrogens is 2. The Bertz CT molecular complexity index is 1210. The normalized spacial score (nSPS) is 10.9. The van der Waals surface area contributed by atoms with E-state index in [2.05, 4.69) is 30.3 Å². The van der Waals surface area contributed by atoms with Crippen molar-refractivity contribution in [2.24, 2.45) is 5.92 Å². The molecule has 3 aromatic rings. The third-order valence-corrected chi connectivity index (χ3v) is 5.18. The Morgan fingerprint density at radius 2 is 2.00 bits per heavy atom. The summed E-state index contributed by atoms with van der Waals surface area (Å²) in [5, 5.41) is 16.9. The summed E-state index contributed by atoms with van der Waals surface area (Å²) in [4.78, 5) is 12.2. The minimum atomic E-state index is -0.209. The summed E-state index contributed by atoms with van der Waals surface area (Å²) in [7, 11) is 1.59. The van der Waals surface area contributed by atoms with Crippen molar-refractivity contribution in [3.05, 3.63) is 71.4 Å². The highest BCUT2D eigenvalue weighted by Crippen LogP contribution is 2.29. The van der Waals surface area contributed by atoms with Gasteiger partial charge in [0.25, 0.3) is 0 Å². The van der Waals surface area contributed by atoms with Gasteiger partial charge in [0.15, 0.2) is 11.5 Å². The molecule has 0 aliphatic heterocycles. The molecule has 1 amide bonds. The SMILES string of the molecule is COc1cc(/C=C/C(=O)NCCCc2nn(-c3ccccc3)c(N)c2C#N)ccc1OCC(C)C. The summed E-state index contributed by atoms with van der Waals surface area (Å²) < 4.78 is 12.7. The number of anilines is 1. The summed E-state index contributed by atoms with van der Waals surface area (Å²) in [6, 6.07) is 17.1. The van der Waals surface area contributed by atoms with Crippen LogP contribution in [0.25, 0.3) is 11.8 Å². The van der Waals surface area contributed by atoms with Crippen LogP contribution in [-0.2, 0) is 11.2 Å². The van der Waals surface area contributed by atoms with Crippen LogP contribution in [0.3, 0.4) is 0 Å². The van der Waals surface area contributed by atoms with E-state index in [1.807, 2.05) is 48.5 Å². The van der Waals surface area contributed by atoms with E-state index < -0.39 is 0 Å². The molecule has 0 saturated heterocycles. The van der Waals surface area contributed by atoms with E-state index in [0.29, 0.717) is 60.5 Å². The van der Waals surface area contributed by atoms with Gasteiger partial charge in [-0.3, -0.25) is 4.79 Å². The van der Waals surface area contributed by atoms with Gasteiger partial charge >= 0.3 is 0 Å².